The van der Waals surface area contributed by atoms with E-state index in [2.05, 4.69) is 13.0 Å². The average molecular weight is 397 g/mol. The van der Waals surface area contributed by atoms with Gasteiger partial charge in [0, 0.05) is 5.56 Å². The highest BCUT2D eigenvalue weighted by atomic mass is 32.2. The Balaban J connectivity index is 2.71. The van der Waals surface area contributed by atoms with Crippen LogP contribution >= 0.6 is 0 Å². The molecule has 0 aromatic heterocycles. The van der Waals surface area contributed by atoms with Gasteiger partial charge in [0.05, 0.1) is 0 Å². The van der Waals surface area contributed by atoms with Crippen LogP contribution < -0.4 is 0 Å². The molecule has 154 valence electrons. The van der Waals surface area contributed by atoms with Gasteiger partial charge in [-0.1, -0.05) is 77.9 Å². The van der Waals surface area contributed by atoms with Gasteiger partial charge in [-0.2, -0.15) is 8.42 Å². The monoisotopic (exact) mass is 396 g/mol. The average Bonchev–Trinajstić information content (AvgIpc) is 2.62. The lowest BCUT2D eigenvalue weighted by Gasteiger charge is -2.15. The van der Waals surface area contributed by atoms with E-state index in [1.54, 1.807) is 0 Å². The van der Waals surface area contributed by atoms with Crippen LogP contribution in [0.2, 0.25) is 0 Å². The van der Waals surface area contributed by atoms with Crippen molar-refractivity contribution >= 4 is 16.2 Å². The van der Waals surface area contributed by atoms with Crippen LogP contribution in [0.5, 0.6) is 5.75 Å². The molecule has 1 aromatic rings. The Bertz CT molecular complexity index is 706. The molecule has 0 aliphatic rings. The third-order valence-corrected chi connectivity index (χ3v) is 5.88. The number of hydrogen-bond donors (Lipinski definition) is 2. The van der Waals surface area contributed by atoms with Crippen molar-refractivity contribution in [3.8, 4) is 5.75 Å². The third-order valence-electron chi connectivity index (χ3n) is 5.02. The zero-order valence-corrected chi connectivity index (χ0v) is 17.9. The van der Waals surface area contributed by atoms with Crippen molar-refractivity contribution in [2.45, 2.75) is 96.3 Å². The number of benzene rings is 1. The number of allylic oxidation sites excluding steroid dienone is 1. The van der Waals surface area contributed by atoms with E-state index >= 15 is 0 Å². The highest BCUT2D eigenvalue weighted by Gasteiger charge is 2.21. The van der Waals surface area contributed by atoms with E-state index in [9.17, 15) is 18.1 Å². The first-order chi connectivity index (χ1) is 12.9. The van der Waals surface area contributed by atoms with Crippen molar-refractivity contribution in [1.82, 2.24) is 0 Å². The largest absolute Gasteiger partial charge is 0.506 e. The van der Waals surface area contributed by atoms with Gasteiger partial charge < -0.3 is 5.11 Å². The highest BCUT2D eigenvalue weighted by molar-refractivity contribution is 7.86. The fraction of sp³-hybridized carbons (Fsp3) is 0.636. The van der Waals surface area contributed by atoms with Gasteiger partial charge in [0.25, 0.3) is 10.1 Å². The fourth-order valence-corrected chi connectivity index (χ4v) is 4.09. The Hall–Kier alpha value is -1.33. The molecular weight excluding hydrogens is 360 g/mol. The number of phenolic OH excluding ortho intramolecular Hbond substituents is 1. The van der Waals surface area contributed by atoms with Crippen LogP contribution in [-0.4, -0.2) is 18.1 Å². The summed E-state index contributed by atoms with van der Waals surface area (Å²) in [5.74, 6) is -0.330. The molecule has 4 nitrogen and oxygen atoms in total. The van der Waals surface area contributed by atoms with E-state index < -0.39 is 15.0 Å². The van der Waals surface area contributed by atoms with Crippen LogP contribution in [0.15, 0.2) is 17.0 Å². The minimum Gasteiger partial charge on any atom is -0.506 e. The van der Waals surface area contributed by atoms with Crippen molar-refractivity contribution in [2.24, 2.45) is 0 Å². The van der Waals surface area contributed by atoms with Gasteiger partial charge in [0.1, 0.15) is 10.6 Å². The minimum absolute atomic E-state index is 0.330. The molecule has 0 bridgehead atoms. The summed E-state index contributed by atoms with van der Waals surface area (Å²) < 4.78 is 32.4. The predicted octanol–water partition coefficient (Wildman–Crippen LogP) is 6.31. The first kappa shape index (κ1) is 23.7. The Labute approximate surface area is 165 Å². The van der Waals surface area contributed by atoms with E-state index in [0.29, 0.717) is 18.4 Å². The van der Waals surface area contributed by atoms with Crippen LogP contribution in [-0.2, 0) is 23.0 Å². The number of hydrogen-bond acceptors (Lipinski definition) is 3. The second kappa shape index (κ2) is 12.2. The molecule has 0 radical (unpaired) electrons. The molecule has 1 aromatic carbocycles. The predicted molar refractivity (Wildman–Crippen MR) is 113 cm³/mol. The van der Waals surface area contributed by atoms with Crippen LogP contribution in [0, 0.1) is 0 Å². The lowest BCUT2D eigenvalue weighted by Crippen LogP contribution is -2.04. The molecule has 0 amide bonds. The molecule has 1 rings (SSSR count). The van der Waals surface area contributed by atoms with E-state index in [-0.39, 0.29) is 5.75 Å². The molecule has 27 heavy (non-hydrogen) atoms. The maximum absolute atomic E-state index is 11.5. The standard InChI is InChI=1S/C22H36O4S/c1-4-7-8-9-10-11-12-13-14-15-16-20-18(5-2)17-21(27(24,25)26)22(23)19(20)6-3/h15-17,23H,4-14H2,1-3H3,(H,24,25,26). The Morgan fingerprint density at radius 3 is 2.04 bits per heavy atom. The Kier molecular flexibility index (Phi) is 10.7. The third kappa shape index (κ3) is 7.67. The molecule has 0 aliphatic heterocycles. The molecule has 0 aliphatic carbocycles. The van der Waals surface area contributed by atoms with Crippen molar-refractivity contribution in [3.63, 3.8) is 0 Å². The zero-order chi connectivity index (χ0) is 20.3. The van der Waals surface area contributed by atoms with Gasteiger partial charge in [0.2, 0.25) is 0 Å². The maximum Gasteiger partial charge on any atom is 0.298 e. The number of rotatable bonds is 13. The van der Waals surface area contributed by atoms with E-state index in [1.165, 1.54) is 51.0 Å². The summed E-state index contributed by atoms with van der Waals surface area (Å²) in [6, 6.07) is 1.39. The van der Waals surface area contributed by atoms with Crippen LogP contribution in [0.25, 0.3) is 6.08 Å². The Morgan fingerprint density at radius 2 is 1.52 bits per heavy atom. The first-order valence-electron chi connectivity index (χ1n) is 10.4. The minimum atomic E-state index is -4.43. The highest BCUT2D eigenvalue weighted by Crippen LogP contribution is 2.34. The Morgan fingerprint density at radius 1 is 0.926 bits per heavy atom. The second-order valence-electron chi connectivity index (χ2n) is 7.12. The van der Waals surface area contributed by atoms with Gasteiger partial charge in [-0.25, -0.2) is 0 Å². The summed E-state index contributed by atoms with van der Waals surface area (Å²) in [7, 11) is -4.43. The zero-order valence-electron chi connectivity index (χ0n) is 17.1. The van der Waals surface area contributed by atoms with E-state index in [1.807, 2.05) is 19.9 Å². The van der Waals surface area contributed by atoms with Gasteiger partial charge in [-0.05, 0) is 42.9 Å². The molecule has 0 saturated heterocycles. The van der Waals surface area contributed by atoms with Gasteiger partial charge in [-0.15, -0.1) is 0 Å². The normalized spacial score (nSPS) is 12.1. The molecule has 5 heteroatoms. The van der Waals surface area contributed by atoms with Crippen molar-refractivity contribution in [3.05, 3.63) is 28.8 Å². The van der Waals surface area contributed by atoms with Crippen LogP contribution in [0.1, 0.15) is 95.2 Å². The molecular formula is C22H36O4S. The van der Waals surface area contributed by atoms with Crippen molar-refractivity contribution in [1.29, 1.82) is 0 Å². The van der Waals surface area contributed by atoms with Crippen molar-refractivity contribution < 1.29 is 18.1 Å². The van der Waals surface area contributed by atoms with Crippen LogP contribution in [0.3, 0.4) is 0 Å². The lowest BCUT2D eigenvalue weighted by molar-refractivity contribution is 0.438. The topological polar surface area (TPSA) is 74.6 Å². The molecule has 0 saturated carbocycles. The van der Waals surface area contributed by atoms with Crippen molar-refractivity contribution in [2.75, 3.05) is 0 Å². The second-order valence-corrected chi connectivity index (χ2v) is 8.51. The fourth-order valence-electron chi connectivity index (χ4n) is 3.43. The molecule has 0 atom stereocenters. The molecule has 0 spiro atoms. The summed E-state index contributed by atoms with van der Waals surface area (Å²) in [6.07, 6.45) is 16.5. The molecule has 0 unspecified atom stereocenters. The number of phenols is 1. The molecule has 0 fully saturated rings. The maximum atomic E-state index is 11.5. The summed E-state index contributed by atoms with van der Waals surface area (Å²) >= 11 is 0. The van der Waals surface area contributed by atoms with Gasteiger partial charge in [-0.3, -0.25) is 4.55 Å². The summed E-state index contributed by atoms with van der Waals surface area (Å²) in [6.45, 7) is 6.05. The quantitative estimate of drug-likeness (QED) is 0.303. The lowest BCUT2D eigenvalue weighted by atomic mass is 9.95. The summed E-state index contributed by atoms with van der Waals surface area (Å²) in [5.41, 5.74) is 2.28. The van der Waals surface area contributed by atoms with E-state index in [4.69, 9.17) is 0 Å². The van der Waals surface area contributed by atoms with Crippen LogP contribution in [0.4, 0.5) is 0 Å². The molecule has 2 N–H and O–H groups in total. The smallest absolute Gasteiger partial charge is 0.298 e. The SMILES string of the molecule is CCCCCCCCCCC=Cc1c(CC)cc(S(=O)(=O)O)c(O)c1CC. The first-order valence-corrected chi connectivity index (χ1v) is 11.8. The van der Waals surface area contributed by atoms with E-state index in [0.717, 1.165) is 24.0 Å². The van der Waals surface area contributed by atoms with Gasteiger partial charge >= 0.3 is 0 Å². The number of unbranched alkanes of at least 4 members (excludes halogenated alkanes) is 8. The van der Waals surface area contributed by atoms with Gasteiger partial charge in [0.15, 0.2) is 0 Å². The number of aryl methyl sites for hydroxylation is 1. The molecule has 0 heterocycles. The summed E-state index contributed by atoms with van der Waals surface area (Å²) in [5, 5.41) is 10.3. The summed E-state index contributed by atoms with van der Waals surface area (Å²) in [4.78, 5) is -0.392. The number of aromatic hydroxyl groups is 1.